The minimum absolute atomic E-state index is 0.104. The maximum absolute atomic E-state index is 13.3. The minimum Gasteiger partial charge on any atom is -0.493 e. The normalized spacial score (nSPS) is 11.2. The van der Waals surface area contributed by atoms with E-state index in [1.165, 1.54) is 0 Å². The van der Waals surface area contributed by atoms with E-state index in [9.17, 15) is 4.79 Å². The summed E-state index contributed by atoms with van der Waals surface area (Å²) < 4.78 is 14.8. The SMILES string of the molecule is CCOc1ccc(-c2cncc3c(=O)n(Cc4cn5cc(C)ccc5n4)ccc23)cc1OC. The fourth-order valence-corrected chi connectivity index (χ4v) is 4.08. The summed E-state index contributed by atoms with van der Waals surface area (Å²) in [7, 11) is 1.61. The van der Waals surface area contributed by atoms with Gasteiger partial charge < -0.3 is 18.4 Å². The van der Waals surface area contributed by atoms with Crippen LogP contribution in [0.25, 0.3) is 27.5 Å². The average molecular weight is 441 g/mol. The summed E-state index contributed by atoms with van der Waals surface area (Å²) in [6.07, 6.45) is 9.19. The zero-order chi connectivity index (χ0) is 22.9. The van der Waals surface area contributed by atoms with Gasteiger partial charge in [-0.1, -0.05) is 12.1 Å². The monoisotopic (exact) mass is 440 g/mol. The van der Waals surface area contributed by atoms with Crippen molar-refractivity contribution in [2.75, 3.05) is 13.7 Å². The molecule has 7 heteroatoms. The molecule has 166 valence electrons. The Balaban J connectivity index is 1.55. The Labute approximate surface area is 190 Å². The first-order valence-corrected chi connectivity index (χ1v) is 10.8. The number of ether oxygens (including phenoxy) is 2. The maximum atomic E-state index is 13.3. The highest BCUT2D eigenvalue weighted by Crippen LogP contribution is 2.34. The van der Waals surface area contributed by atoms with Gasteiger partial charge in [-0.25, -0.2) is 4.98 Å². The lowest BCUT2D eigenvalue weighted by molar-refractivity contribution is 0.311. The fraction of sp³-hybridized carbons (Fsp3) is 0.192. The summed E-state index contributed by atoms with van der Waals surface area (Å²) in [6, 6.07) is 11.7. The Hall–Kier alpha value is -4.13. The Bertz CT molecular complexity index is 1530. The molecule has 33 heavy (non-hydrogen) atoms. The number of methoxy groups -OCH3 is 1. The van der Waals surface area contributed by atoms with Gasteiger partial charge in [0, 0.05) is 36.5 Å². The Morgan fingerprint density at radius 1 is 1.00 bits per heavy atom. The zero-order valence-electron chi connectivity index (χ0n) is 18.8. The molecule has 0 aliphatic heterocycles. The van der Waals surface area contributed by atoms with Crippen LogP contribution in [0.4, 0.5) is 0 Å². The number of fused-ring (bicyclic) bond motifs is 2. The third-order valence-electron chi connectivity index (χ3n) is 5.66. The first-order valence-electron chi connectivity index (χ1n) is 10.8. The van der Waals surface area contributed by atoms with Gasteiger partial charge in [-0.15, -0.1) is 0 Å². The van der Waals surface area contributed by atoms with Crippen LogP contribution in [0.15, 0.2) is 72.2 Å². The third-order valence-corrected chi connectivity index (χ3v) is 5.66. The van der Waals surface area contributed by atoms with E-state index < -0.39 is 0 Å². The van der Waals surface area contributed by atoms with Crippen molar-refractivity contribution in [1.29, 1.82) is 0 Å². The summed E-state index contributed by atoms with van der Waals surface area (Å²) in [5.74, 6) is 1.32. The molecule has 0 aliphatic rings. The highest BCUT2D eigenvalue weighted by molar-refractivity contribution is 5.95. The number of aryl methyl sites for hydroxylation is 1. The molecule has 0 spiro atoms. The maximum Gasteiger partial charge on any atom is 0.260 e. The van der Waals surface area contributed by atoms with Gasteiger partial charge in [-0.3, -0.25) is 9.78 Å². The van der Waals surface area contributed by atoms with Crippen LogP contribution in [-0.4, -0.2) is 32.7 Å². The van der Waals surface area contributed by atoms with Gasteiger partial charge in [0.15, 0.2) is 11.5 Å². The van der Waals surface area contributed by atoms with Crippen molar-refractivity contribution in [2.45, 2.75) is 20.4 Å². The van der Waals surface area contributed by atoms with Crippen molar-refractivity contribution < 1.29 is 9.47 Å². The summed E-state index contributed by atoms with van der Waals surface area (Å²) in [5.41, 5.74) is 4.50. The molecule has 0 bridgehead atoms. The van der Waals surface area contributed by atoms with E-state index in [4.69, 9.17) is 9.47 Å². The number of rotatable bonds is 6. The quantitative estimate of drug-likeness (QED) is 0.389. The van der Waals surface area contributed by atoms with Gasteiger partial charge in [0.1, 0.15) is 5.65 Å². The predicted molar refractivity (Wildman–Crippen MR) is 128 cm³/mol. The van der Waals surface area contributed by atoms with Gasteiger partial charge in [-0.05, 0) is 54.6 Å². The van der Waals surface area contributed by atoms with Gasteiger partial charge in [0.25, 0.3) is 5.56 Å². The lowest BCUT2D eigenvalue weighted by Crippen LogP contribution is -2.20. The molecule has 0 atom stereocenters. The first-order chi connectivity index (χ1) is 16.1. The molecule has 0 amide bonds. The van der Waals surface area contributed by atoms with Crippen LogP contribution < -0.4 is 15.0 Å². The number of hydrogen-bond acceptors (Lipinski definition) is 5. The number of pyridine rings is 3. The third kappa shape index (κ3) is 3.82. The molecule has 0 unspecified atom stereocenters. The van der Waals surface area contributed by atoms with Crippen LogP contribution in [-0.2, 0) is 6.54 Å². The van der Waals surface area contributed by atoms with Crippen molar-refractivity contribution >= 4 is 16.4 Å². The summed E-state index contributed by atoms with van der Waals surface area (Å²) in [6.45, 7) is 4.91. The van der Waals surface area contributed by atoms with E-state index in [1.54, 1.807) is 24.1 Å². The topological polar surface area (TPSA) is 70.7 Å². The van der Waals surface area contributed by atoms with Crippen molar-refractivity contribution in [1.82, 2.24) is 18.9 Å². The molecule has 0 radical (unpaired) electrons. The zero-order valence-corrected chi connectivity index (χ0v) is 18.8. The molecular weight excluding hydrogens is 416 g/mol. The van der Waals surface area contributed by atoms with E-state index >= 15 is 0 Å². The molecular formula is C26H24N4O3. The van der Waals surface area contributed by atoms with Crippen molar-refractivity contribution in [3.63, 3.8) is 0 Å². The van der Waals surface area contributed by atoms with E-state index in [0.29, 0.717) is 30.0 Å². The van der Waals surface area contributed by atoms with Gasteiger partial charge >= 0.3 is 0 Å². The van der Waals surface area contributed by atoms with E-state index in [0.717, 1.165) is 33.4 Å². The number of benzene rings is 1. The van der Waals surface area contributed by atoms with Crippen LogP contribution in [0.2, 0.25) is 0 Å². The van der Waals surface area contributed by atoms with Crippen LogP contribution >= 0.6 is 0 Å². The highest BCUT2D eigenvalue weighted by atomic mass is 16.5. The number of imidazole rings is 1. The molecule has 0 N–H and O–H groups in total. The lowest BCUT2D eigenvalue weighted by Gasteiger charge is -2.13. The fourth-order valence-electron chi connectivity index (χ4n) is 4.08. The van der Waals surface area contributed by atoms with Gasteiger partial charge in [-0.2, -0.15) is 0 Å². The molecule has 1 aromatic carbocycles. The predicted octanol–water partition coefficient (Wildman–Crippen LogP) is 4.48. The second kappa shape index (κ2) is 8.43. The summed E-state index contributed by atoms with van der Waals surface area (Å²) >= 11 is 0. The molecule has 5 rings (SSSR count). The second-order valence-electron chi connectivity index (χ2n) is 7.90. The van der Waals surface area contributed by atoms with E-state index in [-0.39, 0.29) is 5.56 Å². The molecule has 4 heterocycles. The summed E-state index contributed by atoms with van der Waals surface area (Å²) in [5, 5.41) is 1.39. The van der Waals surface area contributed by atoms with E-state index in [1.807, 2.05) is 73.2 Å². The van der Waals surface area contributed by atoms with Crippen LogP contribution in [0.3, 0.4) is 0 Å². The lowest BCUT2D eigenvalue weighted by atomic mass is 10.0. The second-order valence-corrected chi connectivity index (χ2v) is 7.90. The van der Waals surface area contributed by atoms with Crippen molar-refractivity contribution in [2.24, 2.45) is 0 Å². The average Bonchev–Trinajstić information content (AvgIpc) is 3.22. The Morgan fingerprint density at radius 2 is 1.88 bits per heavy atom. The number of hydrogen-bond donors (Lipinski definition) is 0. The van der Waals surface area contributed by atoms with Crippen molar-refractivity contribution in [3.05, 3.63) is 89.0 Å². The van der Waals surface area contributed by atoms with Crippen LogP contribution in [0.1, 0.15) is 18.2 Å². The minimum atomic E-state index is -0.104. The molecule has 4 aromatic heterocycles. The van der Waals surface area contributed by atoms with Crippen molar-refractivity contribution in [3.8, 4) is 22.6 Å². The van der Waals surface area contributed by atoms with Gasteiger partial charge in [0.05, 0.1) is 31.3 Å². The van der Waals surface area contributed by atoms with Crippen LogP contribution in [0.5, 0.6) is 11.5 Å². The van der Waals surface area contributed by atoms with Gasteiger partial charge in [0.2, 0.25) is 0 Å². The molecule has 7 nitrogen and oxygen atoms in total. The Kier molecular flexibility index (Phi) is 5.30. The number of nitrogens with zero attached hydrogens (tertiary/aromatic N) is 4. The highest BCUT2D eigenvalue weighted by Gasteiger charge is 2.13. The summed E-state index contributed by atoms with van der Waals surface area (Å²) in [4.78, 5) is 22.3. The standard InChI is InChI=1S/C26H24N4O3/c1-4-33-23-7-6-18(11-24(23)32-3)21-12-27-13-22-20(21)9-10-29(26(22)31)15-19-16-30-14-17(2)5-8-25(30)28-19/h5-14,16H,4,15H2,1-3H3. The number of aromatic nitrogens is 4. The first kappa shape index (κ1) is 20.8. The molecule has 0 saturated heterocycles. The molecule has 0 fully saturated rings. The Morgan fingerprint density at radius 3 is 2.70 bits per heavy atom. The smallest absolute Gasteiger partial charge is 0.260 e. The molecule has 0 aliphatic carbocycles. The van der Waals surface area contributed by atoms with Crippen LogP contribution in [0, 0.1) is 6.92 Å². The molecule has 5 aromatic rings. The van der Waals surface area contributed by atoms with E-state index in [2.05, 4.69) is 9.97 Å². The molecule has 0 saturated carbocycles. The largest absolute Gasteiger partial charge is 0.493 e.